The summed E-state index contributed by atoms with van der Waals surface area (Å²) in [7, 11) is 0. The molecule has 2 aromatic carbocycles. The van der Waals surface area contributed by atoms with Crippen molar-refractivity contribution in [3.63, 3.8) is 0 Å². The largest absolute Gasteiger partial charge is 0.445 e. The number of ether oxygens (including phenoxy) is 1. The molecule has 0 fully saturated rings. The normalized spacial score (nSPS) is 10.8. The zero-order valence-electron chi connectivity index (χ0n) is 12.8. The SMILES string of the molecule is O=C(NCCC=Cc1cc(F)c(Br)c(F)c1)OCc1ccccc1. The molecule has 0 saturated heterocycles. The van der Waals surface area contributed by atoms with Crippen LogP contribution in [0.25, 0.3) is 6.08 Å². The van der Waals surface area contributed by atoms with Crippen molar-refractivity contribution in [3.05, 3.63) is 75.8 Å². The molecule has 6 heteroatoms. The molecule has 0 aliphatic rings. The molecule has 0 spiro atoms. The minimum atomic E-state index is -0.655. The van der Waals surface area contributed by atoms with Gasteiger partial charge in [-0.1, -0.05) is 42.5 Å². The van der Waals surface area contributed by atoms with Crippen molar-refractivity contribution in [2.24, 2.45) is 0 Å². The van der Waals surface area contributed by atoms with E-state index >= 15 is 0 Å². The summed E-state index contributed by atoms with van der Waals surface area (Å²) in [6.07, 6.45) is 3.32. The Labute approximate surface area is 147 Å². The molecule has 0 aliphatic heterocycles. The van der Waals surface area contributed by atoms with Gasteiger partial charge < -0.3 is 10.1 Å². The van der Waals surface area contributed by atoms with Crippen LogP contribution in [-0.2, 0) is 11.3 Å². The predicted octanol–water partition coefficient (Wildman–Crippen LogP) is 5.06. The molecule has 0 aliphatic carbocycles. The van der Waals surface area contributed by atoms with E-state index in [0.717, 1.165) is 5.56 Å². The highest BCUT2D eigenvalue weighted by molar-refractivity contribution is 9.10. The predicted molar refractivity (Wildman–Crippen MR) is 92.3 cm³/mol. The molecule has 2 rings (SSSR count). The van der Waals surface area contributed by atoms with Gasteiger partial charge >= 0.3 is 6.09 Å². The first-order valence-electron chi connectivity index (χ1n) is 7.32. The fraction of sp³-hybridized carbons (Fsp3) is 0.167. The second kappa shape index (κ2) is 9.17. The molecule has 0 bridgehead atoms. The van der Waals surface area contributed by atoms with Gasteiger partial charge in [-0.15, -0.1) is 0 Å². The molecular formula is C18H16BrF2NO2. The molecule has 0 saturated carbocycles. The number of carbonyl (C=O) groups is 1. The van der Waals surface area contributed by atoms with Crippen LogP contribution in [0.5, 0.6) is 0 Å². The highest BCUT2D eigenvalue weighted by atomic mass is 79.9. The van der Waals surface area contributed by atoms with Gasteiger partial charge in [-0.25, -0.2) is 13.6 Å². The first-order chi connectivity index (χ1) is 11.6. The molecule has 0 radical (unpaired) electrons. The first kappa shape index (κ1) is 18.1. The maximum Gasteiger partial charge on any atom is 0.407 e. The lowest BCUT2D eigenvalue weighted by Gasteiger charge is -2.06. The Morgan fingerprint density at radius 2 is 1.83 bits per heavy atom. The molecule has 1 N–H and O–H groups in total. The summed E-state index contributed by atoms with van der Waals surface area (Å²) >= 11 is 2.82. The summed E-state index contributed by atoms with van der Waals surface area (Å²) in [6, 6.07) is 11.8. The van der Waals surface area contributed by atoms with Gasteiger partial charge in [0, 0.05) is 6.54 Å². The molecule has 0 aromatic heterocycles. The average Bonchev–Trinajstić information content (AvgIpc) is 2.58. The second-order valence-electron chi connectivity index (χ2n) is 4.98. The van der Waals surface area contributed by atoms with Crippen molar-refractivity contribution < 1.29 is 18.3 Å². The minimum absolute atomic E-state index is 0.178. The maximum absolute atomic E-state index is 13.4. The van der Waals surface area contributed by atoms with E-state index in [4.69, 9.17) is 4.74 Å². The zero-order chi connectivity index (χ0) is 17.4. The van der Waals surface area contributed by atoms with E-state index in [2.05, 4.69) is 21.2 Å². The van der Waals surface area contributed by atoms with Crippen LogP contribution in [0.3, 0.4) is 0 Å². The van der Waals surface area contributed by atoms with Crippen molar-refractivity contribution in [2.75, 3.05) is 6.54 Å². The van der Waals surface area contributed by atoms with E-state index in [-0.39, 0.29) is 11.1 Å². The number of alkyl carbamates (subject to hydrolysis) is 1. The Kier molecular flexibility index (Phi) is 6.93. The van der Waals surface area contributed by atoms with Crippen LogP contribution >= 0.6 is 15.9 Å². The third-order valence-electron chi connectivity index (χ3n) is 3.11. The molecule has 0 unspecified atom stereocenters. The van der Waals surface area contributed by atoms with Gasteiger partial charge in [0.25, 0.3) is 0 Å². The number of rotatable bonds is 6. The van der Waals surface area contributed by atoms with Crippen LogP contribution in [0.2, 0.25) is 0 Å². The topological polar surface area (TPSA) is 38.3 Å². The highest BCUT2D eigenvalue weighted by Crippen LogP contribution is 2.21. The Morgan fingerprint density at radius 1 is 1.17 bits per heavy atom. The van der Waals surface area contributed by atoms with Crippen LogP contribution in [0.1, 0.15) is 17.5 Å². The summed E-state index contributed by atoms with van der Waals surface area (Å²) in [4.78, 5) is 11.5. The van der Waals surface area contributed by atoms with Crippen molar-refractivity contribution in [3.8, 4) is 0 Å². The average molecular weight is 396 g/mol. The molecule has 3 nitrogen and oxygen atoms in total. The van der Waals surface area contributed by atoms with Gasteiger partial charge in [-0.2, -0.15) is 0 Å². The van der Waals surface area contributed by atoms with E-state index in [1.165, 1.54) is 12.1 Å². The quantitative estimate of drug-likeness (QED) is 0.548. The van der Waals surface area contributed by atoms with Crippen molar-refractivity contribution in [1.82, 2.24) is 5.32 Å². The minimum Gasteiger partial charge on any atom is -0.445 e. The smallest absolute Gasteiger partial charge is 0.407 e. The van der Waals surface area contributed by atoms with Gasteiger partial charge in [-0.3, -0.25) is 0 Å². The van der Waals surface area contributed by atoms with Crippen molar-refractivity contribution >= 4 is 28.1 Å². The molecular weight excluding hydrogens is 380 g/mol. The van der Waals surface area contributed by atoms with E-state index < -0.39 is 17.7 Å². The van der Waals surface area contributed by atoms with E-state index in [9.17, 15) is 13.6 Å². The summed E-state index contributed by atoms with van der Waals surface area (Å²) in [5.41, 5.74) is 1.33. The lowest BCUT2D eigenvalue weighted by molar-refractivity contribution is 0.140. The first-order valence-corrected chi connectivity index (χ1v) is 8.11. The van der Waals surface area contributed by atoms with Crippen molar-refractivity contribution in [1.29, 1.82) is 0 Å². The lowest BCUT2D eigenvalue weighted by Crippen LogP contribution is -2.24. The lowest BCUT2D eigenvalue weighted by atomic mass is 10.2. The summed E-state index contributed by atoms with van der Waals surface area (Å²) < 4.78 is 31.6. The number of nitrogens with one attached hydrogen (secondary N) is 1. The van der Waals surface area contributed by atoms with E-state index in [0.29, 0.717) is 18.5 Å². The van der Waals surface area contributed by atoms with Gasteiger partial charge in [-0.05, 0) is 45.6 Å². The Balaban J connectivity index is 1.69. The third-order valence-corrected chi connectivity index (χ3v) is 3.87. The van der Waals surface area contributed by atoms with Crippen molar-refractivity contribution in [2.45, 2.75) is 13.0 Å². The summed E-state index contributed by atoms with van der Waals surface area (Å²) in [5, 5.41) is 2.60. The highest BCUT2D eigenvalue weighted by Gasteiger charge is 2.06. The van der Waals surface area contributed by atoms with E-state index in [1.54, 1.807) is 12.2 Å². The summed E-state index contributed by atoms with van der Waals surface area (Å²) in [6.45, 7) is 0.575. The van der Waals surface area contributed by atoms with Gasteiger partial charge in [0.2, 0.25) is 0 Å². The number of carbonyl (C=O) groups excluding carboxylic acids is 1. The fourth-order valence-electron chi connectivity index (χ4n) is 1.92. The summed E-state index contributed by atoms with van der Waals surface area (Å²) in [5.74, 6) is -1.31. The molecule has 0 heterocycles. The zero-order valence-corrected chi connectivity index (χ0v) is 14.4. The Hall–Kier alpha value is -2.21. The van der Waals surface area contributed by atoms with Crippen LogP contribution in [0.15, 0.2) is 53.0 Å². The maximum atomic E-state index is 13.4. The number of amides is 1. The molecule has 126 valence electrons. The molecule has 0 atom stereocenters. The second-order valence-corrected chi connectivity index (χ2v) is 5.77. The van der Waals surface area contributed by atoms with Crippen LogP contribution in [-0.4, -0.2) is 12.6 Å². The van der Waals surface area contributed by atoms with Gasteiger partial charge in [0.05, 0.1) is 4.47 Å². The van der Waals surface area contributed by atoms with Crippen LogP contribution < -0.4 is 5.32 Å². The number of halogens is 3. The van der Waals surface area contributed by atoms with Gasteiger partial charge in [0.1, 0.15) is 18.2 Å². The van der Waals surface area contributed by atoms with Gasteiger partial charge in [0.15, 0.2) is 0 Å². The molecule has 24 heavy (non-hydrogen) atoms. The third kappa shape index (κ3) is 5.77. The monoisotopic (exact) mass is 395 g/mol. The number of hydrogen-bond donors (Lipinski definition) is 1. The van der Waals surface area contributed by atoms with Crippen LogP contribution in [0.4, 0.5) is 13.6 Å². The number of benzene rings is 2. The Morgan fingerprint density at radius 3 is 2.50 bits per heavy atom. The number of hydrogen-bond acceptors (Lipinski definition) is 2. The van der Waals surface area contributed by atoms with E-state index in [1.807, 2.05) is 30.3 Å². The fourth-order valence-corrected chi connectivity index (χ4v) is 2.15. The Bertz CT molecular complexity index is 697. The van der Waals surface area contributed by atoms with Crippen LogP contribution in [0, 0.1) is 11.6 Å². The standard InChI is InChI=1S/C18H16BrF2NO2/c19-17-15(20)10-14(11-16(17)21)8-4-5-9-22-18(23)24-12-13-6-2-1-3-7-13/h1-4,6-8,10-11H,5,9,12H2,(H,22,23). The molecule has 1 amide bonds. The molecule has 2 aromatic rings.